The van der Waals surface area contributed by atoms with E-state index in [0.717, 1.165) is 29.7 Å². The molecule has 1 atom stereocenters. The Balaban J connectivity index is 1.18. The maximum absolute atomic E-state index is 11.8. The van der Waals surface area contributed by atoms with E-state index in [2.05, 4.69) is 20.4 Å². The van der Waals surface area contributed by atoms with Crippen molar-refractivity contribution < 1.29 is 23.6 Å². The summed E-state index contributed by atoms with van der Waals surface area (Å²) in [6, 6.07) is 10.8. The van der Waals surface area contributed by atoms with Gasteiger partial charge in [-0.3, -0.25) is 5.41 Å². The van der Waals surface area contributed by atoms with Gasteiger partial charge in [0, 0.05) is 29.0 Å². The van der Waals surface area contributed by atoms with Crippen molar-refractivity contribution in [3.8, 4) is 17.0 Å². The molecule has 0 amide bonds. The van der Waals surface area contributed by atoms with Gasteiger partial charge in [-0.15, -0.1) is 0 Å². The predicted octanol–water partition coefficient (Wildman–Crippen LogP) is 7.43. The smallest absolute Gasteiger partial charge is 0.356 e. The van der Waals surface area contributed by atoms with Gasteiger partial charge in [-0.2, -0.15) is 0 Å². The summed E-state index contributed by atoms with van der Waals surface area (Å²) in [5.74, 6) is 1.30. The molecule has 0 bridgehead atoms. The molecule has 6 rings (SSSR count). The lowest BCUT2D eigenvalue weighted by Crippen LogP contribution is -2.28. The molecule has 1 aromatic heterocycles. The van der Waals surface area contributed by atoms with E-state index in [0.29, 0.717) is 55.8 Å². The molecule has 1 aliphatic heterocycles. The van der Waals surface area contributed by atoms with E-state index in [1.807, 2.05) is 26.0 Å². The summed E-state index contributed by atoms with van der Waals surface area (Å²) in [6.07, 6.45) is 3.49. The van der Waals surface area contributed by atoms with E-state index in [9.17, 15) is 4.79 Å². The number of fused-ring (bicyclic) bond motifs is 1. The van der Waals surface area contributed by atoms with Gasteiger partial charge in [0.25, 0.3) is 0 Å². The quantitative estimate of drug-likeness (QED) is 0.165. The first-order valence-electron chi connectivity index (χ1n) is 13.8. The van der Waals surface area contributed by atoms with E-state index in [4.69, 9.17) is 54.3 Å². The number of ether oxygens (including phenoxy) is 2. The Morgan fingerprint density at radius 1 is 1.19 bits per heavy atom. The molecule has 0 spiro atoms. The van der Waals surface area contributed by atoms with E-state index >= 15 is 0 Å². The van der Waals surface area contributed by atoms with Crippen LogP contribution in [-0.2, 0) is 26.4 Å². The van der Waals surface area contributed by atoms with Crippen LogP contribution in [0.15, 0.2) is 57.9 Å². The number of carbonyl (C=O) groups is 1. The van der Waals surface area contributed by atoms with Crippen LogP contribution in [0.25, 0.3) is 11.3 Å². The molecule has 2 saturated carbocycles. The number of methoxy groups -OCH3 is 1. The van der Waals surface area contributed by atoms with Crippen LogP contribution in [0.5, 0.6) is 5.75 Å². The second kappa shape index (κ2) is 11.5. The molecule has 0 radical (unpaired) electrons. The van der Waals surface area contributed by atoms with Gasteiger partial charge < -0.3 is 24.2 Å². The van der Waals surface area contributed by atoms with Crippen molar-refractivity contribution in [2.75, 3.05) is 7.11 Å². The number of oxime groups is 1. The highest BCUT2D eigenvalue weighted by Crippen LogP contribution is 2.76. The van der Waals surface area contributed by atoms with Gasteiger partial charge in [-0.25, -0.2) is 4.79 Å². The Labute approximate surface area is 263 Å². The van der Waals surface area contributed by atoms with E-state index in [1.54, 1.807) is 24.3 Å². The van der Waals surface area contributed by atoms with Crippen LogP contribution < -0.4 is 10.1 Å². The van der Waals surface area contributed by atoms with Crippen molar-refractivity contribution in [1.29, 1.82) is 5.41 Å². The monoisotopic (exact) mass is 642 g/mol. The van der Waals surface area contributed by atoms with E-state index < -0.39 is 12.1 Å². The van der Waals surface area contributed by atoms with Crippen LogP contribution >= 0.6 is 34.8 Å². The Morgan fingerprint density at radius 3 is 2.53 bits per heavy atom. The number of allylic oxidation sites excluding steroid dienone is 1. The molecule has 224 valence electrons. The summed E-state index contributed by atoms with van der Waals surface area (Å²) in [5.41, 5.74) is 3.60. The van der Waals surface area contributed by atoms with Crippen LogP contribution in [-0.4, -0.2) is 35.7 Å². The number of nitrogens with one attached hydrogen (secondary N) is 2. The van der Waals surface area contributed by atoms with Gasteiger partial charge >= 0.3 is 5.97 Å². The third-order valence-corrected chi connectivity index (χ3v) is 8.90. The van der Waals surface area contributed by atoms with Crippen molar-refractivity contribution in [2.24, 2.45) is 11.1 Å². The number of carbonyl (C=O) groups excluding carboxylic acids is 1. The number of rotatable bonds is 11. The zero-order chi connectivity index (χ0) is 30.5. The molecule has 0 saturated heterocycles. The summed E-state index contributed by atoms with van der Waals surface area (Å²) < 4.78 is 16.8. The lowest BCUT2D eigenvalue weighted by Gasteiger charge is -2.15. The number of esters is 1. The highest BCUT2D eigenvalue weighted by atomic mass is 35.5. The van der Waals surface area contributed by atoms with E-state index in [-0.39, 0.29) is 23.8 Å². The molecule has 2 N–H and O–H groups in total. The Bertz CT molecular complexity index is 1660. The van der Waals surface area contributed by atoms with Crippen LogP contribution in [0.1, 0.15) is 56.1 Å². The standard InChI is InChI=1S/C31H29Cl3N4O5/c1-15(2)36-24(10-23(35)30(39)40-3)25-11-26(42-37-25)18-8-7-17(9-22(18)34)41-14-19-28(27-20(32)5-4-6-21(27)33)38-43-29(19)31-12-16(31)13-31/h4-10,15-16,26,35-36H,11-14H2,1-3H3/b24-10-,35-23?. The van der Waals surface area contributed by atoms with Gasteiger partial charge in [-0.1, -0.05) is 57.2 Å². The predicted molar refractivity (Wildman–Crippen MR) is 164 cm³/mol. The molecule has 12 heteroatoms. The summed E-state index contributed by atoms with van der Waals surface area (Å²) in [4.78, 5) is 17.5. The molecule has 2 aromatic carbocycles. The van der Waals surface area contributed by atoms with Gasteiger partial charge in [0.05, 0.1) is 33.4 Å². The topological polar surface area (TPSA) is 119 Å². The Hall–Kier alpha value is -3.53. The zero-order valence-corrected chi connectivity index (χ0v) is 25.9. The maximum atomic E-state index is 11.8. The molecule has 43 heavy (non-hydrogen) atoms. The third kappa shape index (κ3) is 5.73. The highest BCUT2D eigenvalue weighted by Gasteiger charge is 2.73. The van der Waals surface area contributed by atoms with Gasteiger partial charge in [0.1, 0.15) is 35.2 Å². The molecule has 3 aromatic rings. The normalized spacial score (nSPS) is 22.0. The minimum atomic E-state index is -0.744. The van der Waals surface area contributed by atoms with E-state index in [1.165, 1.54) is 13.2 Å². The molecule has 9 nitrogen and oxygen atoms in total. The van der Waals surface area contributed by atoms with Crippen molar-refractivity contribution in [1.82, 2.24) is 10.5 Å². The number of halogens is 3. The van der Waals surface area contributed by atoms with Crippen molar-refractivity contribution in [3.63, 3.8) is 0 Å². The Morgan fingerprint density at radius 2 is 1.91 bits per heavy atom. The summed E-state index contributed by atoms with van der Waals surface area (Å²) in [5, 5.41) is 21.2. The van der Waals surface area contributed by atoms with Gasteiger partial charge in [-0.05, 0) is 62.9 Å². The molecule has 2 fully saturated rings. The minimum Gasteiger partial charge on any atom is -0.489 e. The van der Waals surface area contributed by atoms with Crippen LogP contribution in [0.4, 0.5) is 0 Å². The SMILES string of the molecule is COC(=O)C(=N)/C=C(\NC(C)C)C1=NOC(c2ccc(OCc3c(-c4c(Cl)cccc4Cl)noc3C34CC3C4)cc2Cl)C1. The lowest BCUT2D eigenvalue weighted by atomic mass is 10.0. The lowest BCUT2D eigenvalue weighted by molar-refractivity contribution is -0.132. The first-order chi connectivity index (χ1) is 20.6. The maximum Gasteiger partial charge on any atom is 0.356 e. The second-order valence-electron chi connectivity index (χ2n) is 11.3. The van der Waals surface area contributed by atoms with Crippen molar-refractivity contribution in [3.05, 3.63) is 80.1 Å². The fourth-order valence-electron chi connectivity index (χ4n) is 5.38. The van der Waals surface area contributed by atoms with Crippen LogP contribution in [0, 0.1) is 11.3 Å². The molecule has 2 heterocycles. The van der Waals surface area contributed by atoms with Gasteiger partial charge in [0.2, 0.25) is 0 Å². The minimum absolute atomic E-state index is 0.0317. The highest BCUT2D eigenvalue weighted by molar-refractivity contribution is 6.40. The summed E-state index contributed by atoms with van der Waals surface area (Å²) in [6.45, 7) is 4.09. The average Bonchev–Trinajstić information content (AvgIpc) is 3.68. The fourth-order valence-corrected chi connectivity index (χ4v) is 6.25. The van der Waals surface area contributed by atoms with Crippen LogP contribution in [0.3, 0.4) is 0 Å². The first-order valence-corrected chi connectivity index (χ1v) is 15.0. The van der Waals surface area contributed by atoms with Crippen molar-refractivity contribution >= 4 is 52.2 Å². The number of aromatic nitrogens is 1. The molecular formula is C31H29Cl3N4O5. The fraction of sp³-hybridized carbons (Fsp3) is 0.355. The van der Waals surface area contributed by atoms with Crippen molar-refractivity contribution in [2.45, 2.75) is 57.3 Å². The number of hydrogen-bond donors (Lipinski definition) is 2. The zero-order valence-electron chi connectivity index (χ0n) is 23.7. The van der Waals surface area contributed by atoms with Crippen LogP contribution in [0.2, 0.25) is 15.1 Å². The summed E-state index contributed by atoms with van der Waals surface area (Å²) >= 11 is 19.8. The largest absolute Gasteiger partial charge is 0.489 e. The number of nitrogens with zero attached hydrogens (tertiary/aromatic N) is 2. The summed E-state index contributed by atoms with van der Waals surface area (Å²) in [7, 11) is 1.23. The molecule has 1 unspecified atom stereocenters. The van der Waals surface area contributed by atoms with Gasteiger partial charge in [0.15, 0.2) is 6.10 Å². The molecule has 3 aliphatic rings. The number of hydrogen-bond acceptors (Lipinski definition) is 9. The average molecular weight is 644 g/mol. The Kier molecular flexibility index (Phi) is 7.91. The third-order valence-electron chi connectivity index (χ3n) is 7.94. The molecule has 2 aliphatic carbocycles. The molecular weight excluding hydrogens is 615 g/mol. The second-order valence-corrected chi connectivity index (χ2v) is 12.5. The first kappa shape index (κ1) is 29.5. The number of benzene rings is 2.